The number of anilines is 1. The number of sulfone groups is 1. The Morgan fingerprint density at radius 3 is 2.18 bits per heavy atom. The molecule has 1 aromatic heterocycles. The van der Waals surface area contributed by atoms with Crippen LogP contribution in [0.2, 0.25) is 0 Å². The first-order chi connectivity index (χ1) is 18.2. The third-order valence-corrected chi connectivity index (χ3v) is 7.77. The van der Waals surface area contributed by atoms with E-state index in [9.17, 15) is 18.0 Å². The molecule has 196 valence electrons. The van der Waals surface area contributed by atoms with E-state index in [1.807, 2.05) is 30.3 Å². The Balaban J connectivity index is 1.48. The van der Waals surface area contributed by atoms with Gasteiger partial charge in [-0.1, -0.05) is 48.2 Å². The number of amides is 1. The number of carbonyl (C=O) groups is 2. The predicted octanol–water partition coefficient (Wildman–Crippen LogP) is 4.54. The average molecular weight is 551 g/mol. The van der Waals surface area contributed by atoms with Crippen molar-refractivity contribution in [2.24, 2.45) is 0 Å². The number of benzene rings is 3. The molecule has 1 amide bonds. The Hall–Kier alpha value is -3.96. The average Bonchev–Trinajstić information content (AvgIpc) is 3.30. The summed E-state index contributed by atoms with van der Waals surface area (Å²) in [6.45, 7) is 3.54. The van der Waals surface area contributed by atoms with Gasteiger partial charge in [-0.2, -0.15) is 0 Å². The molecule has 0 fully saturated rings. The number of ether oxygens (including phenoxy) is 1. The highest BCUT2D eigenvalue weighted by molar-refractivity contribution is 7.99. The molecule has 0 aliphatic rings. The Kier molecular flexibility index (Phi) is 8.59. The van der Waals surface area contributed by atoms with Crippen LogP contribution < -0.4 is 5.32 Å². The molecule has 0 bridgehead atoms. The van der Waals surface area contributed by atoms with Crippen LogP contribution in [0, 0.1) is 0 Å². The van der Waals surface area contributed by atoms with Crippen LogP contribution in [0.25, 0.3) is 5.69 Å². The zero-order chi connectivity index (χ0) is 27.1. The second kappa shape index (κ2) is 12.1. The fraction of sp³-hybridized carbons (Fsp3) is 0.185. The molecule has 1 heterocycles. The quantitative estimate of drug-likeness (QED) is 0.226. The summed E-state index contributed by atoms with van der Waals surface area (Å²) in [4.78, 5) is 24.8. The van der Waals surface area contributed by atoms with Gasteiger partial charge in [-0.05, 0) is 62.4 Å². The number of esters is 1. The van der Waals surface area contributed by atoms with E-state index in [0.717, 1.165) is 11.8 Å². The lowest BCUT2D eigenvalue weighted by molar-refractivity contribution is -0.113. The molecule has 1 N–H and O–H groups in total. The van der Waals surface area contributed by atoms with Crippen LogP contribution in [0.15, 0.2) is 95.0 Å². The SMILES string of the molecule is CC(C)OC(=O)c1ccc(NC(=O)CSc2nnc(CS(=O)(=O)c3ccccc3)n2-c2ccccc2)cc1. The smallest absolute Gasteiger partial charge is 0.338 e. The van der Waals surface area contributed by atoms with E-state index in [-0.39, 0.29) is 34.2 Å². The number of carbonyl (C=O) groups excluding carboxylic acids is 2. The Bertz CT molecular complexity index is 1500. The lowest BCUT2D eigenvalue weighted by atomic mass is 10.2. The van der Waals surface area contributed by atoms with Crippen LogP contribution in [0.1, 0.15) is 30.0 Å². The molecule has 0 aliphatic heterocycles. The summed E-state index contributed by atoms with van der Waals surface area (Å²) in [7, 11) is -3.66. The van der Waals surface area contributed by atoms with Gasteiger partial charge in [0, 0.05) is 11.4 Å². The zero-order valence-corrected chi connectivity index (χ0v) is 22.4. The number of rotatable bonds is 10. The largest absolute Gasteiger partial charge is 0.459 e. The second-order valence-corrected chi connectivity index (χ2v) is 11.4. The van der Waals surface area contributed by atoms with E-state index < -0.39 is 15.8 Å². The monoisotopic (exact) mass is 550 g/mol. The Labute approximate surface area is 225 Å². The van der Waals surface area contributed by atoms with E-state index in [1.54, 1.807) is 73.0 Å². The number of aromatic nitrogens is 3. The van der Waals surface area contributed by atoms with Crippen LogP contribution in [-0.2, 0) is 25.1 Å². The molecule has 0 spiro atoms. The molecule has 0 unspecified atom stereocenters. The van der Waals surface area contributed by atoms with E-state index in [1.165, 1.54) is 0 Å². The van der Waals surface area contributed by atoms with Crippen molar-refractivity contribution >= 4 is 39.2 Å². The lowest BCUT2D eigenvalue weighted by Crippen LogP contribution is -2.15. The number of hydrogen-bond donors (Lipinski definition) is 1. The molecule has 4 rings (SSSR count). The maximum Gasteiger partial charge on any atom is 0.338 e. The van der Waals surface area contributed by atoms with E-state index >= 15 is 0 Å². The van der Waals surface area contributed by atoms with Gasteiger partial charge >= 0.3 is 5.97 Å². The fourth-order valence-electron chi connectivity index (χ4n) is 3.50. The highest BCUT2D eigenvalue weighted by atomic mass is 32.2. The third-order valence-electron chi connectivity index (χ3n) is 5.22. The van der Waals surface area contributed by atoms with E-state index in [2.05, 4.69) is 15.5 Å². The summed E-state index contributed by atoms with van der Waals surface area (Å²) in [5.41, 5.74) is 1.60. The summed E-state index contributed by atoms with van der Waals surface area (Å²) >= 11 is 1.14. The van der Waals surface area contributed by atoms with Gasteiger partial charge in [0.05, 0.1) is 22.3 Å². The van der Waals surface area contributed by atoms with Crippen molar-refractivity contribution in [3.8, 4) is 5.69 Å². The highest BCUT2D eigenvalue weighted by Gasteiger charge is 2.23. The van der Waals surface area contributed by atoms with Crippen molar-refractivity contribution < 1.29 is 22.7 Å². The molecule has 9 nitrogen and oxygen atoms in total. The van der Waals surface area contributed by atoms with E-state index in [0.29, 0.717) is 22.1 Å². The van der Waals surface area contributed by atoms with Crippen LogP contribution in [-0.4, -0.2) is 46.9 Å². The number of nitrogens with zero attached hydrogens (tertiary/aromatic N) is 3. The first-order valence-corrected chi connectivity index (χ1v) is 14.4. The molecule has 0 saturated carbocycles. The van der Waals surface area contributed by atoms with Crippen molar-refractivity contribution in [3.63, 3.8) is 0 Å². The summed E-state index contributed by atoms with van der Waals surface area (Å²) in [6, 6.07) is 23.7. The maximum atomic E-state index is 13.0. The summed E-state index contributed by atoms with van der Waals surface area (Å²) in [6.07, 6.45) is -0.226. The standard InChI is InChI=1S/C27H26N4O5S2/c1-19(2)36-26(33)20-13-15-21(16-14-20)28-25(32)17-37-27-30-29-24(31(27)22-9-5-3-6-10-22)18-38(34,35)23-11-7-4-8-12-23/h3-16,19H,17-18H2,1-2H3,(H,28,32). The lowest BCUT2D eigenvalue weighted by Gasteiger charge is -2.11. The molecular weight excluding hydrogens is 524 g/mol. The zero-order valence-electron chi connectivity index (χ0n) is 20.8. The van der Waals surface area contributed by atoms with Gasteiger partial charge in [-0.25, -0.2) is 13.2 Å². The van der Waals surface area contributed by atoms with Gasteiger partial charge in [0.2, 0.25) is 5.91 Å². The van der Waals surface area contributed by atoms with Gasteiger partial charge in [-0.15, -0.1) is 10.2 Å². The number of thioether (sulfide) groups is 1. The normalized spacial score (nSPS) is 11.3. The minimum atomic E-state index is -3.66. The van der Waals surface area contributed by atoms with Crippen molar-refractivity contribution in [3.05, 3.63) is 96.3 Å². The molecule has 0 radical (unpaired) electrons. The minimum absolute atomic E-state index is 0.00748. The van der Waals surface area contributed by atoms with Gasteiger partial charge in [0.25, 0.3) is 0 Å². The van der Waals surface area contributed by atoms with Gasteiger partial charge < -0.3 is 10.1 Å². The molecule has 0 atom stereocenters. The number of para-hydroxylation sites is 1. The van der Waals surface area contributed by atoms with Crippen molar-refractivity contribution in [2.75, 3.05) is 11.1 Å². The van der Waals surface area contributed by atoms with Crippen LogP contribution >= 0.6 is 11.8 Å². The van der Waals surface area contributed by atoms with Crippen LogP contribution in [0.4, 0.5) is 5.69 Å². The van der Waals surface area contributed by atoms with Gasteiger partial charge in [-0.3, -0.25) is 9.36 Å². The van der Waals surface area contributed by atoms with Crippen LogP contribution in [0.3, 0.4) is 0 Å². The molecule has 0 aliphatic carbocycles. The van der Waals surface area contributed by atoms with Crippen LogP contribution in [0.5, 0.6) is 0 Å². The van der Waals surface area contributed by atoms with E-state index in [4.69, 9.17) is 4.74 Å². The highest BCUT2D eigenvalue weighted by Crippen LogP contribution is 2.25. The second-order valence-electron chi connectivity index (χ2n) is 8.51. The molecule has 0 saturated heterocycles. The predicted molar refractivity (Wildman–Crippen MR) is 145 cm³/mol. The fourth-order valence-corrected chi connectivity index (χ4v) is 5.54. The van der Waals surface area contributed by atoms with Gasteiger partial charge in [0.1, 0.15) is 5.75 Å². The molecular formula is C27H26N4O5S2. The summed E-state index contributed by atoms with van der Waals surface area (Å²) < 4.78 is 32.8. The van der Waals surface area contributed by atoms with Crippen molar-refractivity contribution in [1.29, 1.82) is 0 Å². The molecule has 38 heavy (non-hydrogen) atoms. The topological polar surface area (TPSA) is 120 Å². The first-order valence-electron chi connectivity index (χ1n) is 11.7. The van der Waals surface area contributed by atoms with Crippen molar-refractivity contribution in [2.45, 2.75) is 35.8 Å². The first kappa shape index (κ1) is 27.1. The third kappa shape index (κ3) is 6.87. The maximum absolute atomic E-state index is 13.0. The number of nitrogens with one attached hydrogen (secondary N) is 1. The number of hydrogen-bond acceptors (Lipinski definition) is 8. The summed E-state index contributed by atoms with van der Waals surface area (Å²) in [5, 5.41) is 11.5. The Morgan fingerprint density at radius 1 is 0.921 bits per heavy atom. The molecule has 4 aromatic rings. The summed E-state index contributed by atoms with van der Waals surface area (Å²) in [5.74, 6) is -0.829. The molecule has 11 heteroatoms. The minimum Gasteiger partial charge on any atom is -0.459 e. The van der Waals surface area contributed by atoms with Gasteiger partial charge in [0.15, 0.2) is 20.8 Å². The Morgan fingerprint density at radius 2 is 1.55 bits per heavy atom. The molecule has 3 aromatic carbocycles. The van der Waals surface area contributed by atoms with Crippen molar-refractivity contribution in [1.82, 2.24) is 14.8 Å².